The van der Waals surface area contributed by atoms with Crippen molar-refractivity contribution in [1.29, 1.82) is 0 Å². The van der Waals surface area contributed by atoms with Crippen LogP contribution >= 0.6 is 0 Å². The first-order valence-corrected chi connectivity index (χ1v) is 10.8. The number of rotatable bonds is 9. The maximum Gasteiger partial charge on any atom is 0.253 e. The molecule has 2 heterocycles. The van der Waals surface area contributed by atoms with E-state index in [2.05, 4.69) is 15.3 Å². The van der Waals surface area contributed by atoms with Crippen molar-refractivity contribution in [2.24, 2.45) is 0 Å². The van der Waals surface area contributed by atoms with E-state index in [1.807, 2.05) is 50.8 Å². The SMILES string of the molecule is C/C=c1/nc(OC)cc(C)/c1=C/C(C)NC(=O)c1cc(C(C)O)ncc1N(CC)CCO. The summed E-state index contributed by atoms with van der Waals surface area (Å²) in [6, 6.07) is 3.17. The number of amides is 1. The molecule has 2 aromatic heterocycles. The van der Waals surface area contributed by atoms with E-state index < -0.39 is 6.10 Å². The van der Waals surface area contributed by atoms with E-state index >= 15 is 0 Å². The van der Waals surface area contributed by atoms with Gasteiger partial charge in [-0.05, 0) is 46.2 Å². The van der Waals surface area contributed by atoms with Crippen LogP contribution < -0.4 is 25.5 Å². The number of likely N-dealkylation sites (N-methyl/N-ethyl adjacent to an activating group) is 1. The minimum atomic E-state index is -0.803. The third kappa shape index (κ3) is 6.05. The fourth-order valence-electron chi connectivity index (χ4n) is 3.49. The average molecular weight is 443 g/mol. The van der Waals surface area contributed by atoms with Crippen LogP contribution in [0.25, 0.3) is 12.2 Å². The van der Waals surface area contributed by atoms with Crippen molar-refractivity contribution in [3.05, 3.63) is 45.7 Å². The Hall–Kier alpha value is -2.97. The number of nitrogens with zero attached hydrogens (tertiary/aromatic N) is 3. The summed E-state index contributed by atoms with van der Waals surface area (Å²) < 4.78 is 5.25. The van der Waals surface area contributed by atoms with Gasteiger partial charge in [-0.15, -0.1) is 0 Å². The van der Waals surface area contributed by atoms with Gasteiger partial charge in [-0.1, -0.05) is 12.2 Å². The van der Waals surface area contributed by atoms with Crippen molar-refractivity contribution in [2.45, 2.75) is 46.8 Å². The molecule has 3 N–H and O–H groups in total. The molecule has 0 spiro atoms. The number of methoxy groups -OCH3 is 1. The zero-order valence-corrected chi connectivity index (χ0v) is 19.7. The number of ether oxygens (including phenoxy) is 1. The molecule has 174 valence electrons. The maximum atomic E-state index is 13.2. The predicted octanol–water partition coefficient (Wildman–Crippen LogP) is 1.06. The second-order valence-electron chi connectivity index (χ2n) is 7.60. The Labute approximate surface area is 189 Å². The van der Waals surface area contributed by atoms with E-state index in [1.165, 1.54) is 0 Å². The molecule has 0 aliphatic carbocycles. The highest BCUT2D eigenvalue weighted by Gasteiger charge is 2.19. The summed E-state index contributed by atoms with van der Waals surface area (Å²) in [5.74, 6) is 0.255. The van der Waals surface area contributed by atoms with E-state index in [9.17, 15) is 15.0 Å². The van der Waals surface area contributed by atoms with Crippen molar-refractivity contribution in [1.82, 2.24) is 15.3 Å². The lowest BCUT2D eigenvalue weighted by molar-refractivity contribution is 0.0948. The number of aliphatic hydroxyl groups is 2. The molecule has 0 aliphatic rings. The molecule has 8 heteroatoms. The molecule has 1 amide bonds. The lowest BCUT2D eigenvalue weighted by Gasteiger charge is -2.25. The first-order valence-electron chi connectivity index (χ1n) is 10.8. The van der Waals surface area contributed by atoms with Crippen LogP contribution in [0.1, 0.15) is 55.4 Å². The number of aromatic nitrogens is 2. The lowest BCUT2D eigenvalue weighted by Crippen LogP contribution is -2.38. The van der Waals surface area contributed by atoms with Crippen molar-refractivity contribution < 1.29 is 19.7 Å². The molecule has 32 heavy (non-hydrogen) atoms. The molecule has 0 bridgehead atoms. The zero-order chi connectivity index (χ0) is 23.8. The second-order valence-corrected chi connectivity index (χ2v) is 7.60. The van der Waals surface area contributed by atoms with Gasteiger partial charge in [0.1, 0.15) is 0 Å². The van der Waals surface area contributed by atoms with Crippen molar-refractivity contribution in [2.75, 3.05) is 31.7 Å². The lowest BCUT2D eigenvalue weighted by atomic mass is 10.1. The Morgan fingerprint density at radius 2 is 2.06 bits per heavy atom. The fraction of sp³-hybridized carbons (Fsp3) is 0.458. The average Bonchev–Trinajstić information content (AvgIpc) is 2.78. The van der Waals surface area contributed by atoms with Gasteiger partial charge in [0.25, 0.3) is 5.91 Å². The minimum absolute atomic E-state index is 0.0444. The van der Waals surface area contributed by atoms with Crippen LogP contribution in [-0.4, -0.2) is 58.9 Å². The van der Waals surface area contributed by atoms with Crippen LogP contribution in [0, 0.1) is 6.92 Å². The number of aryl methyl sites for hydroxylation is 1. The number of hydrogen-bond donors (Lipinski definition) is 3. The molecule has 2 aromatic rings. The summed E-state index contributed by atoms with van der Waals surface area (Å²) >= 11 is 0. The Balaban J connectivity index is 2.44. The standard InChI is InChI=1S/C24H34N4O4/c1-7-20-18(15(3)11-23(27-20)32-6)12-16(4)26-24(31)19-13-21(17(5)30)25-14-22(19)28(8-2)9-10-29/h7,11-14,16-17,29-30H,8-10H2,1-6H3,(H,26,31)/b18-12-,20-7+. The van der Waals surface area contributed by atoms with Gasteiger partial charge >= 0.3 is 0 Å². The van der Waals surface area contributed by atoms with Gasteiger partial charge in [-0.3, -0.25) is 9.78 Å². The molecular formula is C24H34N4O4. The van der Waals surface area contributed by atoms with Crippen molar-refractivity contribution in [3.8, 4) is 5.88 Å². The Morgan fingerprint density at radius 1 is 1.34 bits per heavy atom. The number of carbonyl (C=O) groups is 1. The summed E-state index contributed by atoms with van der Waals surface area (Å²) in [5, 5.41) is 24.1. The summed E-state index contributed by atoms with van der Waals surface area (Å²) in [5.41, 5.74) is 2.42. The quantitative estimate of drug-likeness (QED) is 0.533. The summed E-state index contributed by atoms with van der Waals surface area (Å²) in [7, 11) is 1.58. The number of hydrogen-bond acceptors (Lipinski definition) is 7. The molecule has 0 aliphatic heterocycles. The zero-order valence-electron chi connectivity index (χ0n) is 19.7. The molecule has 2 rings (SSSR count). The Bertz CT molecular complexity index is 1050. The summed E-state index contributed by atoms with van der Waals surface area (Å²) in [6.45, 7) is 10.3. The van der Waals surface area contributed by atoms with Crippen LogP contribution in [-0.2, 0) is 0 Å². The fourth-order valence-corrected chi connectivity index (χ4v) is 3.49. The maximum absolute atomic E-state index is 13.2. The van der Waals surface area contributed by atoms with E-state index in [1.54, 1.807) is 26.3 Å². The van der Waals surface area contributed by atoms with Crippen LogP contribution in [0.3, 0.4) is 0 Å². The highest BCUT2D eigenvalue weighted by atomic mass is 16.5. The monoisotopic (exact) mass is 442 g/mol. The predicted molar refractivity (Wildman–Crippen MR) is 126 cm³/mol. The Morgan fingerprint density at radius 3 is 2.62 bits per heavy atom. The number of pyridine rings is 2. The molecule has 8 nitrogen and oxygen atoms in total. The van der Waals surface area contributed by atoms with Gasteiger partial charge in [0.15, 0.2) is 0 Å². The van der Waals surface area contributed by atoms with Gasteiger partial charge in [-0.25, -0.2) is 4.98 Å². The number of anilines is 1. The highest BCUT2D eigenvalue weighted by Crippen LogP contribution is 2.23. The molecule has 0 saturated heterocycles. The van der Waals surface area contributed by atoms with E-state index in [0.29, 0.717) is 35.9 Å². The smallest absolute Gasteiger partial charge is 0.253 e. The highest BCUT2D eigenvalue weighted by molar-refractivity contribution is 6.00. The number of nitrogens with one attached hydrogen (secondary N) is 1. The van der Waals surface area contributed by atoms with Gasteiger partial charge in [0.2, 0.25) is 5.88 Å². The molecular weight excluding hydrogens is 408 g/mol. The molecule has 0 saturated carbocycles. The molecule has 2 unspecified atom stereocenters. The van der Waals surface area contributed by atoms with Crippen LogP contribution in [0.2, 0.25) is 0 Å². The first-order chi connectivity index (χ1) is 15.2. The third-order valence-corrected chi connectivity index (χ3v) is 5.20. The van der Waals surface area contributed by atoms with E-state index in [4.69, 9.17) is 4.74 Å². The minimum Gasteiger partial charge on any atom is -0.481 e. The Kier molecular flexibility index (Phi) is 9.16. The van der Waals surface area contributed by atoms with Crippen LogP contribution in [0.4, 0.5) is 5.69 Å². The van der Waals surface area contributed by atoms with Crippen LogP contribution in [0.5, 0.6) is 5.88 Å². The van der Waals surface area contributed by atoms with Gasteiger partial charge < -0.3 is 25.2 Å². The normalized spacial score (nSPS) is 14.2. The number of carbonyl (C=O) groups excluding carboxylic acids is 1. The summed E-state index contributed by atoms with van der Waals surface area (Å²) in [6.07, 6.45) is 4.63. The van der Waals surface area contributed by atoms with E-state index in [0.717, 1.165) is 16.1 Å². The molecule has 0 aromatic carbocycles. The van der Waals surface area contributed by atoms with Crippen molar-refractivity contribution in [3.63, 3.8) is 0 Å². The largest absolute Gasteiger partial charge is 0.481 e. The summed E-state index contributed by atoms with van der Waals surface area (Å²) in [4.78, 5) is 23.9. The van der Waals surface area contributed by atoms with Crippen LogP contribution in [0.15, 0.2) is 18.3 Å². The van der Waals surface area contributed by atoms with E-state index in [-0.39, 0.29) is 18.6 Å². The molecule has 2 atom stereocenters. The second kappa shape index (κ2) is 11.6. The van der Waals surface area contributed by atoms with Gasteiger partial charge in [0, 0.05) is 30.4 Å². The molecule has 0 fully saturated rings. The topological polar surface area (TPSA) is 108 Å². The first kappa shape index (κ1) is 25.3. The molecule has 0 radical (unpaired) electrons. The van der Waals surface area contributed by atoms with Crippen molar-refractivity contribution >= 4 is 23.7 Å². The third-order valence-electron chi connectivity index (χ3n) is 5.20. The number of aliphatic hydroxyl groups excluding tert-OH is 2. The van der Waals surface area contributed by atoms with Gasteiger partial charge in [-0.2, -0.15) is 0 Å². The van der Waals surface area contributed by atoms with Gasteiger partial charge in [0.05, 0.1) is 48.3 Å².